The minimum atomic E-state index is 0.218. The number of hydrogen-bond donors (Lipinski definition) is 0. The van der Waals surface area contributed by atoms with E-state index in [4.69, 9.17) is 0 Å². The number of hydrogen-bond acceptors (Lipinski definition) is 2. The summed E-state index contributed by atoms with van der Waals surface area (Å²) in [6, 6.07) is 10.9. The Bertz CT molecular complexity index is 580. The molecule has 1 amide bonds. The van der Waals surface area contributed by atoms with Crippen LogP contribution in [0.15, 0.2) is 49.1 Å². The first-order valence-corrected chi connectivity index (χ1v) is 8.12. The van der Waals surface area contributed by atoms with Crippen LogP contribution in [0.1, 0.15) is 31.2 Å². The molecule has 2 heterocycles. The molecule has 1 saturated heterocycles. The van der Waals surface area contributed by atoms with Crippen molar-refractivity contribution < 1.29 is 4.79 Å². The largest absolute Gasteiger partial charge is 0.338 e. The molecule has 0 saturated carbocycles. The summed E-state index contributed by atoms with van der Waals surface area (Å²) in [5, 5.41) is 0. The molecule has 1 aromatic carbocycles. The molecule has 22 heavy (non-hydrogen) atoms. The first-order chi connectivity index (χ1) is 10.8. The molecule has 1 fully saturated rings. The van der Waals surface area contributed by atoms with Crippen LogP contribution in [0.5, 0.6) is 0 Å². The fourth-order valence-corrected chi connectivity index (χ4v) is 3.23. The average Bonchev–Trinajstić information content (AvgIpc) is 3.07. The van der Waals surface area contributed by atoms with E-state index in [9.17, 15) is 4.79 Å². The van der Waals surface area contributed by atoms with Crippen molar-refractivity contribution in [2.24, 2.45) is 0 Å². The molecule has 4 heteroatoms. The second-order valence-electron chi connectivity index (χ2n) is 6.00. The third-order valence-electron chi connectivity index (χ3n) is 4.43. The normalized spacial score (nSPS) is 18.4. The molecule has 0 spiro atoms. The van der Waals surface area contributed by atoms with Crippen LogP contribution in [0.4, 0.5) is 0 Å². The van der Waals surface area contributed by atoms with Crippen molar-refractivity contribution in [1.82, 2.24) is 14.5 Å². The van der Waals surface area contributed by atoms with E-state index in [0.29, 0.717) is 12.6 Å². The van der Waals surface area contributed by atoms with Crippen LogP contribution in [0.3, 0.4) is 0 Å². The fourth-order valence-electron chi connectivity index (χ4n) is 3.23. The lowest BCUT2D eigenvalue weighted by molar-refractivity contribution is -0.135. The number of rotatable bonds is 5. The van der Waals surface area contributed by atoms with Crippen LogP contribution >= 0.6 is 0 Å². The number of amides is 1. The van der Waals surface area contributed by atoms with E-state index >= 15 is 0 Å². The first-order valence-electron chi connectivity index (χ1n) is 8.12. The number of carbonyl (C=O) groups excluding carboxylic acids is 1. The van der Waals surface area contributed by atoms with Gasteiger partial charge in [0, 0.05) is 25.0 Å². The maximum Gasteiger partial charge on any atom is 0.242 e. The van der Waals surface area contributed by atoms with Gasteiger partial charge in [0.15, 0.2) is 0 Å². The predicted molar refractivity (Wildman–Crippen MR) is 86.3 cm³/mol. The summed E-state index contributed by atoms with van der Waals surface area (Å²) in [6.07, 6.45) is 10.9. The molecule has 0 aliphatic carbocycles. The van der Waals surface area contributed by atoms with Gasteiger partial charge in [-0.15, -0.1) is 0 Å². The summed E-state index contributed by atoms with van der Waals surface area (Å²) in [4.78, 5) is 18.7. The second-order valence-corrected chi connectivity index (χ2v) is 6.00. The van der Waals surface area contributed by atoms with E-state index in [1.54, 1.807) is 12.5 Å². The number of likely N-dealkylation sites (tertiary alicyclic amines) is 1. The number of carbonyl (C=O) groups is 1. The molecule has 116 valence electrons. The van der Waals surface area contributed by atoms with Crippen molar-refractivity contribution in [2.45, 2.75) is 44.7 Å². The lowest BCUT2D eigenvalue weighted by atomic mass is 9.95. The molecule has 4 nitrogen and oxygen atoms in total. The van der Waals surface area contributed by atoms with Crippen LogP contribution in [0.2, 0.25) is 0 Å². The van der Waals surface area contributed by atoms with Gasteiger partial charge in [-0.3, -0.25) is 4.79 Å². The fraction of sp³-hybridized carbons (Fsp3) is 0.444. The van der Waals surface area contributed by atoms with Crippen LogP contribution in [0.25, 0.3) is 0 Å². The maximum absolute atomic E-state index is 12.6. The monoisotopic (exact) mass is 297 g/mol. The molecule has 1 aromatic heterocycles. The summed E-state index contributed by atoms with van der Waals surface area (Å²) >= 11 is 0. The van der Waals surface area contributed by atoms with E-state index in [-0.39, 0.29) is 5.91 Å². The minimum absolute atomic E-state index is 0.218. The van der Waals surface area contributed by atoms with Crippen molar-refractivity contribution in [3.8, 4) is 0 Å². The Kier molecular flexibility index (Phi) is 4.88. The van der Waals surface area contributed by atoms with E-state index in [1.807, 2.05) is 16.8 Å². The van der Waals surface area contributed by atoms with Crippen molar-refractivity contribution in [3.63, 3.8) is 0 Å². The average molecular weight is 297 g/mol. The Balaban J connectivity index is 1.59. The Morgan fingerprint density at radius 1 is 1.23 bits per heavy atom. The standard InChI is InChI=1S/C18H23N3O/c22-18(14-20-13-11-19-15-20)21-12-5-4-8-17(21)10-9-16-6-2-1-3-7-16/h1-3,6-7,11,13,15,17H,4-5,8-10,12,14H2/t17-/m0/s1. The summed E-state index contributed by atoms with van der Waals surface area (Å²) in [7, 11) is 0. The van der Waals surface area contributed by atoms with Gasteiger partial charge in [0.1, 0.15) is 6.54 Å². The zero-order chi connectivity index (χ0) is 15.2. The van der Waals surface area contributed by atoms with Crippen LogP contribution < -0.4 is 0 Å². The lowest BCUT2D eigenvalue weighted by Gasteiger charge is -2.36. The van der Waals surface area contributed by atoms with Gasteiger partial charge in [0.05, 0.1) is 6.33 Å². The van der Waals surface area contributed by atoms with Gasteiger partial charge in [-0.1, -0.05) is 30.3 Å². The Morgan fingerprint density at radius 2 is 2.09 bits per heavy atom. The maximum atomic E-state index is 12.6. The molecule has 0 radical (unpaired) electrons. The van der Waals surface area contributed by atoms with Crippen molar-refractivity contribution in [3.05, 3.63) is 54.6 Å². The summed E-state index contributed by atoms with van der Waals surface area (Å²) in [5.41, 5.74) is 1.36. The topological polar surface area (TPSA) is 38.1 Å². The van der Waals surface area contributed by atoms with Gasteiger partial charge in [-0.25, -0.2) is 4.98 Å². The highest BCUT2D eigenvalue weighted by atomic mass is 16.2. The molecule has 0 unspecified atom stereocenters. The van der Waals surface area contributed by atoms with Crippen LogP contribution in [0, 0.1) is 0 Å². The van der Waals surface area contributed by atoms with Gasteiger partial charge in [-0.2, -0.15) is 0 Å². The molecular weight excluding hydrogens is 274 g/mol. The summed E-state index contributed by atoms with van der Waals surface area (Å²) < 4.78 is 1.85. The highest BCUT2D eigenvalue weighted by molar-refractivity contribution is 5.76. The molecule has 2 aromatic rings. The minimum Gasteiger partial charge on any atom is -0.338 e. The van der Waals surface area contributed by atoms with Gasteiger partial charge >= 0.3 is 0 Å². The van der Waals surface area contributed by atoms with E-state index < -0.39 is 0 Å². The third kappa shape index (κ3) is 3.75. The molecular formula is C18H23N3O. The lowest BCUT2D eigenvalue weighted by Crippen LogP contribution is -2.45. The first kappa shape index (κ1) is 14.8. The Labute approximate surface area is 131 Å². The molecule has 0 N–H and O–H groups in total. The van der Waals surface area contributed by atoms with Crippen molar-refractivity contribution in [1.29, 1.82) is 0 Å². The molecule has 1 atom stereocenters. The Morgan fingerprint density at radius 3 is 2.86 bits per heavy atom. The summed E-state index contributed by atoms with van der Waals surface area (Å²) in [5.74, 6) is 0.218. The van der Waals surface area contributed by atoms with Gasteiger partial charge in [0.25, 0.3) is 0 Å². The molecule has 0 bridgehead atoms. The molecule has 3 rings (SSSR count). The van der Waals surface area contributed by atoms with Crippen LogP contribution in [-0.2, 0) is 17.8 Å². The SMILES string of the molecule is O=C(Cn1ccnc1)N1CCCC[C@H]1CCc1ccccc1. The number of piperidine rings is 1. The molecule has 1 aliphatic heterocycles. The smallest absolute Gasteiger partial charge is 0.242 e. The van der Waals surface area contributed by atoms with E-state index in [1.165, 1.54) is 12.0 Å². The number of aromatic nitrogens is 2. The number of nitrogens with zero attached hydrogens (tertiary/aromatic N) is 3. The third-order valence-corrected chi connectivity index (χ3v) is 4.43. The second kappa shape index (κ2) is 7.25. The highest BCUT2D eigenvalue weighted by Gasteiger charge is 2.26. The zero-order valence-corrected chi connectivity index (χ0v) is 12.9. The number of imidazole rings is 1. The van der Waals surface area contributed by atoms with Crippen molar-refractivity contribution >= 4 is 5.91 Å². The summed E-state index contributed by atoms with van der Waals surface area (Å²) in [6.45, 7) is 1.30. The van der Waals surface area contributed by atoms with Crippen LogP contribution in [-0.4, -0.2) is 32.9 Å². The van der Waals surface area contributed by atoms with Gasteiger partial charge in [-0.05, 0) is 37.7 Å². The van der Waals surface area contributed by atoms with E-state index in [2.05, 4.69) is 34.1 Å². The predicted octanol–water partition coefficient (Wildman–Crippen LogP) is 2.90. The van der Waals surface area contributed by atoms with Gasteiger partial charge < -0.3 is 9.47 Å². The zero-order valence-electron chi connectivity index (χ0n) is 12.9. The molecule has 1 aliphatic rings. The quantitative estimate of drug-likeness (QED) is 0.851. The van der Waals surface area contributed by atoms with Crippen molar-refractivity contribution in [2.75, 3.05) is 6.54 Å². The Hall–Kier alpha value is -2.10. The number of benzene rings is 1. The number of aryl methyl sites for hydroxylation is 1. The van der Waals surface area contributed by atoms with Gasteiger partial charge in [0.2, 0.25) is 5.91 Å². The van der Waals surface area contributed by atoms with E-state index in [0.717, 1.165) is 32.2 Å². The highest BCUT2D eigenvalue weighted by Crippen LogP contribution is 2.22.